The third-order valence-corrected chi connectivity index (χ3v) is 10.6. The minimum absolute atomic E-state index is 1.19. The standard InChI is InChI=1S/C31H23N.2C13H12/c1-22-11-13-23(14-12-22)24-15-17-25(18-16-24)26-19-20-31-29(21-26)28-9-5-6-10-30(28)32(31)27-7-3-2-4-8-27;2*1-11-7-9-13(10-8-11)12-5-3-2-4-6-12/h2-21H,1H3;2*2-10H,1H3. The molecular formula is C57H47N. The summed E-state index contributed by atoms with van der Waals surface area (Å²) in [6.07, 6.45) is 0. The summed E-state index contributed by atoms with van der Waals surface area (Å²) < 4.78 is 2.36. The molecule has 1 heterocycles. The molecule has 280 valence electrons. The van der Waals surface area contributed by atoms with E-state index in [4.69, 9.17) is 0 Å². The molecule has 0 aliphatic heterocycles. The van der Waals surface area contributed by atoms with Gasteiger partial charge in [-0.15, -0.1) is 0 Å². The summed E-state index contributed by atoms with van der Waals surface area (Å²) in [6.45, 7) is 6.33. The maximum Gasteiger partial charge on any atom is 0.0541 e. The fourth-order valence-corrected chi connectivity index (χ4v) is 7.36. The minimum atomic E-state index is 1.19. The predicted molar refractivity (Wildman–Crippen MR) is 250 cm³/mol. The highest BCUT2D eigenvalue weighted by Gasteiger charge is 2.13. The van der Waals surface area contributed by atoms with E-state index in [1.807, 2.05) is 12.1 Å². The Bertz CT molecular complexity index is 2750. The number of para-hydroxylation sites is 2. The molecule has 1 heteroatoms. The van der Waals surface area contributed by atoms with Crippen LogP contribution in [-0.2, 0) is 0 Å². The number of hydrogen-bond donors (Lipinski definition) is 0. The first kappa shape index (κ1) is 37.7. The van der Waals surface area contributed by atoms with Crippen molar-refractivity contribution in [3.8, 4) is 50.2 Å². The van der Waals surface area contributed by atoms with E-state index in [0.29, 0.717) is 0 Å². The average molecular weight is 746 g/mol. The van der Waals surface area contributed by atoms with Crippen LogP contribution in [0.1, 0.15) is 16.7 Å². The molecule has 0 fully saturated rings. The number of aromatic nitrogens is 1. The maximum atomic E-state index is 2.36. The topological polar surface area (TPSA) is 4.93 Å². The van der Waals surface area contributed by atoms with E-state index in [-0.39, 0.29) is 0 Å². The Morgan fingerprint density at radius 1 is 0.241 bits per heavy atom. The summed E-state index contributed by atoms with van der Waals surface area (Å²) in [5, 5.41) is 2.56. The molecule has 0 saturated carbocycles. The van der Waals surface area contributed by atoms with Gasteiger partial charge in [-0.2, -0.15) is 0 Å². The van der Waals surface area contributed by atoms with Crippen molar-refractivity contribution in [2.24, 2.45) is 0 Å². The van der Waals surface area contributed by atoms with Gasteiger partial charge in [0.1, 0.15) is 0 Å². The number of rotatable bonds is 5. The second kappa shape index (κ2) is 17.7. The zero-order chi connectivity index (χ0) is 39.7. The maximum absolute atomic E-state index is 2.36. The van der Waals surface area contributed by atoms with Crippen LogP contribution in [0.4, 0.5) is 0 Å². The van der Waals surface area contributed by atoms with E-state index in [1.54, 1.807) is 0 Å². The number of aryl methyl sites for hydroxylation is 3. The van der Waals surface area contributed by atoms with Crippen LogP contribution in [0.5, 0.6) is 0 Å². The molecule has 0 spiro atoms. The largest absolute Gasteiger partial charge is 0.309 e. The molecule has 10 aromatic rings. The fraction of sp³-hybridized carbons (Fsp3) is 0.0526. The average Bonchev–Trinajstić information content (AvgIpc) is 3.62. The van der Waals surface area contributed by atoms with Gasteiger partial charge in [0.05, 0.1) is 11.0 Å². The Labute approximate surface area is 343 Å². The molecule has 0 saturated heterocycles. The molecular weight excluding hydrogens is 699 g/mol. The molecule has 10 rings (SSSR count). The lowest BCUT2D eigenvalue weighted by Crippen LogP contribution is -1.92. The molecule has 9 aromatic carbocycles. The van der Waals surface area contributed by atoms with Gasteiger partial charge < -0.3 is 4.57 Å². The van der Waals surface area contributed by atoms with Crippen molar-refractivity contribution in [3.05, 3.63) is 247 Å². The van der Waals surface area contributed by atoms with Crippen LogP contribution in [0.25, 0.3) is 72.0 Å². The van der Waals surface area contributed by atoms with Gasteiger partial charge >= 0.3 is 0 Å². The number of fused-ring (bicyclic) bond motifs is 3. The first-order valence-corrected chi connectivity index (χ1v) is 20.0. The van der Waals surface area contributed by atoms with Gasteiger partial charge in [0.2, 0.25) is 0 Å². The van der Waals surface area contributed by atoms with Crippen molar-refractivity contribution in [2.45, 2.75) is 20.8 Å². The van der Waals surface area contributed by atoms with Crippen molar-refractivity contribution in [2.75, 3.05) is 0 Å². The Kier molecular flexibility index (Phi) is 11.5. The highest BCUT2D eigenvalue weighted by molar-refractivity contribution is 6.10. The second-order valence-electron chi connectivity index (χ2n) is 14.8. The number of hydrogen-bond acceptors (Lipinski definition) is 0. The Balaban J connectivity index is 0.000000148. The highest BCUT2D eigenvalue weighted by Crippen LogP contribution is 2.35. The van der Waals surface area contributed by atoms with Gasteiger partial charge in [-0.05, 0) is 95.6 Å². The van der Waals surface area contributed by atoms with Crippen molar-refractivity contribution in [1.82, 2.24) is 4.57 Å². The molecule has 0 bridgehead atoms. The summed E-state index contributed by atoms with van der Waals surface area (Å²) >= 11 is 0. The molecule has 0 N–H and O–H groups in total. The van der Waals surface area contributed by atoms with E-state index in [2.05, 4.69) is 244 Å². The Hall–Kier alpha value is -7.22. The van der Waals surface area contributed by atoms with Crippen molar-refractivity contribution in [3.63, 3.8) is 0 Å². The fourth-order valence-electron chi connectivity index (χ4n) is 7.36. The minimum Gasteiger partial charge on any atom is -0.309 e. The quantitative estimate of drug-likeness (QED) is 0.165. The van der Waals surface area contributed by atoms with E-state index >= 15 is 0 Å². The Morgan fingerprint density at radius 3 is 1.00 bits per heavy atom. The van der Waals surface area contributed by atoms with E-state index in [9.17, 15) is 0 Å². The zero-order valence-electron chi connectivity index (χ0n) is 33.4. The molecule has 0 atom stereocenters. The monoisotopic (exact) mass is 745 g/mol. The molecule has 0 aliphatic carbocycles. The summed E-state index contributed by atoms with van der Waals surface area (Å²) in [4.78, 5) is 0. The van der Waals surface area contributed by atoms with Crippen molar-refractivity contribution in [1.29, 1.82) is 0 Å². The second-order valence-corrected chi connectivity index (χ2v) is 14.8. The summed E-state index contributed by atoms with van der Waals surface area (Å²) in [5.41, 5.74) is 17.7. The van der Waals surface area contributed by atoms with Gasteiger partial charge in [0.15, 0.2) is 0 Å². The third kappa shape index (κ3) is 8.76. The molecule has 0 aliphatic rings. The summed E-state index contributed by atoms with van der Waals surface area (Å²) in [5.74, 6) is 0. The third-order valence-electron chi connectivity index (χ3n) is 10.6. The van der Waals surface area contributed by atoms with Gasteiger partial charge in [0.25, 0.3) is 0 Å². The van der Waals surface area contributed by atoms with Crippen LogP contribution in [0.3, 0.4) is 0 Å². The van der Waals surface area contributed by atoms with E-state index in [0.717, 1.165) is 0 Å². The number of nitrogens with zero attached hydrogens (tertiary/aromatic N) is 1. The lowest BCUT2D eigenvalue weighted by atomic mass is 9.98. The van der Waals surface area contributed by atoms with Gasteiger partial charge in [-0.3, -0.25) is 0 Å². The van der Waals surface area contributed by atoms with Crippen molar-refractivity contribution < 1.29 is 0 Å². The number of benzene rings is 9. The van der Waals surface area contributed by atoms with Crippen LogP contribution in [0, 0.1) is 20.8 Å². The summed E-state index contributed by atoms with van der Waals surface area (Å²) in [7, 11) is 0. The summed E-state index contributed by atoms with van der Waals surface area (Å²) in [6, 6.07) is 81.8. The normalized spacial score (nSPS) is 10.7. The lowest BCUT2D eigenvalue weighted by Gasteiger charge is -2.08. The van der Waals surface area contributed by atoms with Crippen LogP contribution in [0.2, 0.25) is 0 Å². The predicted octanol–water partition coefficient (Wildman–Crippen LogP) is 15.8. The molecule has 0 unspecified atom stereocenters. The first-order chi connectivity index (χ1) is 28.5. The van der Waals surface area contributed by atoms with Crippen molar-refractivity contribution >= 4 is 21.8 Å². The van der Waals surface area contributed by atoms with E-state index in [1.165, 1.54) is 88.7 Å². The molecule has 58 heavy (non-hydrogen) atoms. The van der Waals surface area contributed by atoms with Crippen LogP contribution in [0.15, 0.2) is 231 Å². The van der Waals surface area contributed by atoms with Crippen LogP contribution in [-0.4, -0.2) is 4.57 Å². The first-order valence-electron chi connectivity index (χ1n) is 20.0. The SMILES string of the molecule is Cc1ccc(-c2ccc(-c3ccc4c(c3)c3ccccc3n4-c3ccccc3)cc2)cc1.Cc1ccc(-c2ccccc2)cc1.Cc1ccc(-c2ccccc2)cc1. The molecule has 1 nitrogen and oxygen atoms in total. The van der Waals surface area contributed by atoms with Gasteiger partial charge in [0, 0.05) is 16.5 Å². The zero-order valence-corrected chi connectivity index (χ0v) is 33.4. The van der Waals surface area contributed by atoms with Crippen LogP contribution < -0.4 is 0 Å². The lowest BCUT2D eigenvalue weighted by molar-refractivity contribution is 1.18. The van der Waals surface area contributed by atoms with Crippen LogP contribution >= 0.6 is 0 Å². The molecule has 1 aromatic heterocycles. The molecule has 0 amide bonds. The smallest absolute Gasteiger partial charge is 0.0541 e. The van der Waals surface area contributed by atoms with Gasteiger partial charge in [-0.25, -0.2) is 0 Å². The Morgan fingerprint density at radius 2 is 0.552 bits per heavy atom. The molecule has 0 radical (unpaired) electrons. The van der Waals surface area contributed by atoms with E-state index < -0.39 is 0 Å². The highest BCUT2D eigenvalue weighted by atomic mass is 15.0. The van der Waals surface area contributed by atoms with Gasteiger partial charge in [-0.1, -0.05) is 217 Å².